The molecule has 6 heteroatoms. The minimum Gasteiger partial charge on any atom is -0.462 e. The minimum atomic E-state index is -0.660. The van der Waals surface area contributed by atoms with E-state index in [1.54, 1.807) is 13.0 Å². The molecule has 0 spiro atoms. The minimum absolute atomic E-state index is 0.0530. The maximum atomic E-state index is 11.7. The van der Waals surface area contributed by atoms with Gasteiger partial charge in [0.25, 0.3) is 5.56 Å². The van der Waals surface area contributed by atoms with Crippen LogP contribution < -0.4 is 5.56 Å². The van der Waals surface area contributed by atoms with Gasteiger partial charge >= 0.3 is 5.97 Å². The molecule has 0 atom stereocenters. The maximum Gasteiger partial charge on any atom is 0.343 e. The molecule has 0 unspecified atom stereocenters. The van der Waals surface area contributed by atoms with Crippen LogP contribution in [0.1, 0.15) is 17.3 Å². The predicted octanol–water partition coefficient (Wildman–Crippen LogP) is 3.01. The largest absolute Gasteiger partial charge is 0.462 e. The number of ether oxygens (including phenoxy) is 1. The van der Waals surface area contributed by atoms with E-state index in [1.165, 1.54) is 12.1 Å². The standard InChI is InChI=1S/C12H9Cl2NO3/c1-2-18-12(17)7-3-6-4-8(13)9(14)5-10(6)15-11(7)16/h3-5H,2H2,1H3,(H,15,16). The van der Waals surface area contributed by atoms with Crippen LogP contribution in [0.15, 0.2) is 23.0 Å². The molecule has 1 aromatic carbocycles. The van der Waals surface area contributed by atoms with Gasteiger partial charge in [-0.3, -0.25) is 4.79 Å². The number of benzene rings is 1. The summed E-state index contributed by atoms with van der Waals surface area (Å²) in [4.78, 5) is 25.8. The van der Waals surface area contributed by atoms with Crippen LogP contribution in [0.25, 0.3) is 10.9 Å². The van der Waals surface area contributed by atoms with Crippen LogP contribution >= 0.6 is 23.2 Å². The van der Waals surface area contributed by atoms with E-state index >= 15 is 0 Å². The molecule has 2 aromatic rings. The Bertz CT molecular complexity index is 679. The Balaban J connectivity index is 2.65. The lowest BCUT2D eigenvalue weighted by Gasteiger charge is -2.04. The first-order valence-corrected chi connectivity index (χ1v) is 5.97. The van der Waals surface area contributed by atoms with Crippen LogP contribution in [0.3, 0.4) is 0 Å². The smallest absolute Gasteiger partial charge is 0.343 e. The van der Waals surface area contributed by atoms with Crippen molar-refractivity contribution in [3.63, 3.8) is 0 Å². The van der Waals surface area contributed by atoms with Crippen molar-refractivity contribution in [2.24, 2.45) is 0 Å². The molecule has 0 radical (unpaired) electrons. The monoisotopic (exact) mass is 285 g/mol. The average Bonchev–Trinajstić information content (AvgIpc) is 2.31. The number of fused-ring (bicyclic) bond motifs is 1. The first kappa shape index (κ1) is 12.9. The fourth-order valence-corrected chi connectivity index (χ4v) is 1.90. The summed E-state index contributed by atoms with van der Waals surface area (Å²) < 4.78 is 4.79. The Labute approximate surface area is 112 Å². The molecule has 0 amide bonds. The molecule has 2 rings (SSSR count). The zero-order chi connectivity index (χ0) is 13.3. The van der Waals surface area contributed by atoms with Gasteiger partial charge in [-0.15, -0.1) is 0 Å². The third-order valence-electron chi connectivity index (χ3n) is 2.38. The number of H-pyrrole nitrogens is 1. The van der Waals surface area contributed by atoms with Crippen LogP contribution in [-0.4, -0.2) is 17.6 Å². The number of pyridine rings is 1. The summed E-state index contributed by atoms with van der Waals surface area (Å²) in [5, 5.41) is 1.31. The molecule has 0 saturated carbocycles. The molecule has 1 N–H and O–H groups in total. The summed E-state index contributed by atoms with van der Waals surface area (Å²) in [5.41, 5.74) is -0.0514. The van der Waals surface area contributed by atoms with Gasteiger partial charge in [-0.25, -0.2) is 4.79 Å². The van der Waals surface area contributed by atoms with E-state index in [2.05, 4.69) is 4.98 Å². The number of hydrogen-bond donors (Lipinski definition) is 1. The van der Waals surface area contributed by atoms with Crippen LogP contribution in [0.5, 0.6) is 0 Å². The zero-order valence-electron chi connectivity index (χ0n) is 9.42. The summed E-state index contributed by atoms with van der Waals surface area (Å²) in [5.74, 6) is -0.660. The van der Waals surface area contributed by atoms with E-state index < -0.39 is 11.5 Å². The van der Waals surface area contributed by atoms with Crippen molar-refractivity contribution in [3.8, 4) is 0 Å². The number of esters is 1. The average molecular weight is 286 g/mol. The number of carbonyl (C=O) groups is 1. The van der Waals surface area contributed by atoms with Crippen LogP contribution in [0.2, 0.25) is 10.0 Å². The van der Waals surface area contributed by atoms with Gasteiger partial charge in [0, 0.05) is 10.9 Å². The van der Waals surface area contributed by atoms with Crippen molar-refractivity contribution >= 4 is 40.1 Å². The Morgan fingerprint density at radius 1 is 1.28 bits per heavy atom. The Morgan fingerprint density at radius 2 is 1.94 bits per heavy atom. The molecular weight excluding hydrogens is 277 g/mol. The van der Waals surface area contributed by atoms with E-state index in [0.29, 0.717) is 20.9 Å². The second kappa shape index (κ2) is 5.00. The van der Waals surface area contributed by atoms with Gasteiger partial charge in [0.05, 0.1) is 16.7 Å². The number of aromatic amines is 1. The maximum absolute atomic E-state index is 11.7. The molecular formula is C12H9Cl2NO3. The summed E-state index contributed by atoms with van der Waals surface area (Å²) >= 11 is 11.7. The summed E-state index contributed by atoms with van der Waals surface area (Å²) in [6.45, 7) is 1.88. The van der Waals surface area contributed by atoms with Crippen molar-refractivity contribution in [2.75, 3.05) is 6.61 Å². The topological polar surface area (TPSA) is 59.2 Å². The Morgan fingerprint density at radius 3 is 2.61 bits per heavy atom. The highest BCUT2D eigenvalue weighted by molar-refractivity contribution is 6.42. The summed E-state index contributed by atoms with van der Waals surface area (Å²) in [6.07, 6.45) is 0. The number of rotatable bonds is 2. The predicted molar refractivity (Wildman–Crippen MR) is 70.5 cm³/mol. The highest BCUT2D eigenvalue weighted by Crippen LogP contribution is 2.26. The second-order valence-corrected chi connectivity index (χ2v) is 4.40. The molecule has 18 heavy (non-hydrogen) atoms. The van der Waals surface area contributed by atoms with E-state index in [-0.39, 0.29) is 12.2 Å². The lowest BCUT2D eigenvalue weighted by Crippen LogP contribution is -2.19. The molecule has 0 bridgehead atoms. The number of halogens is 2. The molecule has 94 valence electrons. The molecule has 1 heterocycles. The van der Waals surface area contributed by atoms with Crippen molar-refractivity contribution in [2.45, 2.75) is 6.92 Å². The molecule has 0 fully saturated rings. The van der Waals surface area contributed by atoms with Crippen molar-refractivity contribution < 1.29 is 9.53 Å². The fraction of sp³-hybridized carbons (Fsp3) is 0.167. The molecule has 0 aliphatic heterocycles. The number of aromatic nitrogens is 1. The lowest BCUT2D eigenvalue weighted by molar-refractivity contribution is 0.0524. The molecule has 1 aromatic heterocycles. The first-order chi connectivity index (χ1) is 8.52. The highest BCUT2D eigenvalue weighted by atomic mass is 35.5. The van der Waals surface area contributed by atoms with Gasteiger partial charge in [-0.1, -0.05) is 23.2 Å². The molecule has 0 aliphatic rings. The number of carbonyl (C=O) groups excluding carboxylic acids is 1. The van der Waals surface area contributed by atoms with Gasteiger partial charge in [0.1, 0.15) is 5.56 Å². The fourth-order valence-electron chi connectivity index (χ4n) is 1.56. The van der Waals surface area contributed by atoms with Gasteiger partial charge in [-0.05, 0) is 25.1 Å². The Kier molecular flexibility index (Phi) is 3.59. The summed E-state index contributed by atoms with van der Waals surface area (Å²) in [6, 6.07) is 4.56. The SMILES string of the molecule is CCOC(=O)c1cc2cc(Cl)c(Cl)cc2[nH]c1=O. The van der Waals surface area contributed by atoms with Crippen molar-refractivity contribution in [1.82, 2.24) is 4.98 Å². The van der Waals surface area contributed by atoms with E-state index in [1.807, 2.05) is 0 Å². The summed E-state index contributed by atoms with van der Waals surface area (Å²) in [7, 11) is 0. The van der Waals surface area contributed by atoms with E-state index in [9.17, 15) is 9.59 Å². The number of hydrogen-bond acceptors (Lipinski definition) is 3. The zero-order valence-corrected chi connectivity index (χ0v) is 10.9. The second-order valence-electron chi connectivity index (χ2n) is 3.59. The number of nitrogens with one attached hydrogen (secondary N) is 1. The van der Waals surface area contributed by atoms with Gasteiger partial charge in [-0.2, -0.15) is 0 Å². The van der Waals surface area contributed by atoms with Crippen molar-refractivity contribution in [3.05, 3.63) is 44.2 Å². The van der Waals surface area contributed by atoms with E-state index in [0.717, 1.165) is 0 Å². The Hall–Kier alpha value is -1.52. The lowest BCUT2D eigenvalue weighted by atomic mass is 10.1. The normalized spacial score (nSPS) is 10.6. The molecule has 0 saturated heterocycles. The van der Waals surface area contributed by atoms with Crippen molar-refractivity contribution in [1.29, 1.82) is 0 Å². The van der Waals surface area contributed by atoms with Crippen LogP contribution in [0.4, 0.5) is 0 Å². The third-order valence-corrected chi connectivity index (χ3v) is 3.10. The van der Waals surface area contributed by atoms with Crippen LogP contribution in [-0.2, 0) is 4.74 Å². The van der Waals surface area contributed by atoms with Crippen LogP contribution in [0, 0.1) is 0 Å². The van der Waals surface area contributed by atoms with E-state index in [4.69, 9.17) is 27.9 Å². The van der Waals surface area contributed by atoms with Gasteiger partial charge < -0.3 is 9.72 Å². The highest BCUT2D eigenvalue weighted by Gasteiger charge is 2.13. The molecule has 0 aliphatic carbocycles. The van der Waals surface area contributed by atoms with Gasteiger partial charge in [0.2, 0.25) is 0 Å². The first-order valence-electron chi connectivity index (χ1n) is 5.22. The third kappa shape index (κ3) is 2.35. The van der Waals surface area contributed by atoms with Gasteiger partial charge in [0.15, 0.2) is 0 Å². The molecule has 4 nitrogen and oxygen atoms in total. The quantitative estimate of drug-likeness (QED) is 0.863.